The summed E-state index contributed by atoms with van der Waals surface area (Å²) in [5.41, 5.74) is 0.362. The molecule has 0 spiro atoms. The molecule has 1 fully saturated rings. The number of aliphatic hydroxyl groups is 2. The van der Waals surface area contributed by atoms with Gasteiger partial charge in [0.25, 0.3) is 5.56 Å². The van der Waals surface area contributed by atoms with Crippen molar-refractivity contribution in [2.24, 2.45) is 0 Å². The molecule has 1 aromatic heterocycles. The van der Waals surface area contributed by atoms with Crippen molar-refractivity contribution in [2.75, 3.05) is 13.1 Å². The van der Waals surface area contributed by atoms with Gasteiger partial charge in [0.15, 0.2) is 0 Å². The van der Waals surface area contributed by atoms with Crippen LogP contribution >= 0.6 is 0 Å². The smallest absolute Gasteiger partial charge is 0.258 e. The van der Waals surface area contributed by atoms with Crippen LogP contribution in [0.3, 0.4) is 0 Å². The molecule has 0 unspecified atom stereocenters. The highest BCUT2D eigenvalue weighted by molar-refractivity contribution is 5.77. The zero-order valence-corrected chi connectivity index (χ0v) is 10.2. The summed E-state index contributed by atoms with van der Waals surface area (Å²) in [5.74, 6) is -0.0106. The Morgan fingerprint density at radius 1 is 1.21 bits per heavy atom. The van der Waals surface area contributed by atoms with Crippen molar-refractivity contribution in [1.82, 2.24) is 15.3 Å². The van der Waals surface area contributed by atoms with Crippen molar-refractivity contribution in [3.05, 3.63) is 40.4 Å². The van der Waals surface area contributed by atoms with Crippen molar-refractivity contribution < 1.29 is 10.2 Å². The van der Waals surface area contributed by atoms with E-state index in [2.05, 4.69) is 15.3 Å². The van der Waals surface area contributed by atoms with E-state index in [9.17, 15) is 15.0 Å². The number of aromatic nitrogens is 2. The van der Waals surface area contributed by atoms with Gasteiger partial charge in [-0.15, -0.1) is 0 Å². The molecular weight excluding hydrogens is 246 g/mol. The molecule has 0 radical (unpaired) electrons. The number of nitrogens with one attached hydrogen (secondary N) is 2. The number of aliphatic hydroxyl groups excluding tert-OH is 2. The van der Waals surface area contributed by atoms with E-state index in [0.29, 0.717) is 29.8 Å². The van der Waals surface area contributed by atoms with Crippen molar-refractivity contribution >= 4 is 10.9 Å². The summed E-state index contributed by atoms with van der Waals surface area (Å²) >= 11 is 0. The van der Waals surface area contributed by atoms with E-state index >= 15 is 0 Å². The summed E-state index contributed by atoms with van der Waals surface area (Å²) in [7, 11) is 0. The molecule has 1 saturated heterocycles. The van der Waals surface area contributed by atoms with Gasteiger partial charge in [0.1, 0.15) is 5.82 Å². The normalized spacial score (nSPS) is 27.6. The number of rotatable bonds is 1. The molecular formula is C13H15N3O3. The summed E-state index contributed by atoms with van der Waals surface area (Å²) < 4.78 is 0. The van der Waals surface area contributed by atoms with E-state index in [-0.39, 0.29) is 5.56 Å². The van der Waals surface area contributed by atoms with Gasteiger partial charge in [-0.2, -0.15) is 0 Å². The lowest BCUT2D eigenvalue weighted by atomic mass is 9.93. The van der Waals surface area contributed by atoms with Crippen molar-refractivity contribution in [3.63, 3.8) is 0 Å². The Bertz CT molecular complexity index is 655. The van der Waals surface area contributed by atoms with Crippen LogP contribution < -0.4 is 10.9 Å². The highest BCUT2D eigenvalue weighted by Gasteiger charge is 2.33. The van der Waals surface area contributed by atoms with Gasteiger partial charge in [-0.25, -0.2) is 4.98 Å². The first-order chi connectivity index (χ1) is 9.16. The Morgan fingerprint density at radius 3 is 2.84 bits per heavy atom. The summed E-state index contributed by atoms with van der Waals surface area (Å²) in [6, 6.07) is 7.05. The van der Waals surface area contributed by atoms with Crippen LogP contribution in [0.1, 0.15) is 11.7 Å². The Morgan fingerprint density at radius 2 is 2.00 bits per heavy atom. The van der Waals surface area contributed by atoms with Crippen LogP contribution in [0.15, 0.2) is 29.1 Å². The first-order valence-corrected chi connectivity index (χ1v) is 6.22. The van der Waals surface area contributed by atoms with Crippen LogP contribution in [0.2, 0.25) is 0 Å². The summed E-state index contributed by atoms with van der Waals surface area (Å²) in [6.45, 7) is 0.814. The molecule has 1 aliphatic rings. The number of aromatic amines is 1. The summed E-state index contributed by atoms with van der Waals surface area (Å²) in [6.07, 6.45) is -1.78. The standard InChI is InChI=1S/C13H15N3O3/c17-10-6-14-5-8(11(10)18)12-15-9-4-2-1-3-7(9)13(19)16-12/h1-4,8,10-11,14,17-18H,5-6H2,(H,15,16,19)/t8-,10-,11+/m1/s1. The Balaban J connectivity index is 2.08. The van der Waals surface area contributed by atoms with Gasteiger partial charge in [-0.3, -0.25) is 4.79 Å². The SMILES string of the molecule is O=c1[nH]c([C@@H]2CNC[C@@H](O)[C@H]2O)nc2ccccc12. The second-order valence-corrected chi connectivity index (χ2v) is 4.79. The third-order valence-electron chi connectivity index (χ3n) is 3.51. The molecule has 0 saturated carbocycles. The molecule has 1 aliphatic heterocycles. The fourth-order valence-corrected chi connectivity index (χ4v) is 2.43. The number of H-pyrrole nitrogens is 1. The molecule has 1 aromatic carbocycles. The molecule has 6 heteroatoms. The number of fused-ring (bicyclic) bond motifs is 1. The van der Waals surface area contributed by atoms with Gasteiger partial charge in [0.2, 0.25) is 0 Å². The van der Waals surface area contributed by atoms with Crippen LogP contribution in [-0.2, 0) is 0 Å². The maximum Gasteiger partial charge on any atom is 0.258 e. The Hall–Kier alpha value is -1.76. The molecule has 3 atom stereocenters. The molecule has 6 nitrogen and oxygen atoms in total. The van der Waals surface area contributed by atoms with Crippen molar-refractivity contribution in [1.29, 1.82) is 0 Å². The van der Waals surface area contributed by atoms with E-state index in [4.69, 9.17) is 0 Å². The van der Waals surface area contributed by atoms with Crippen LogP contribution in [-0.4, -0.2) is 45.5 Å². The minimum Gasteiger partial charge on any atom is -0.390 e. The highest BCUT2D eigenvalue weighted by Crippen LogP contribution is 2.21. The van der Waals surface area contributed by atoms with Gasteiger partial charge >= 0.3 is 0 Å². The fourth-order valence-electron chi connectivity index (χ4n) is 2.43. The number of piperidine rings is 1. The molecule has 100 valence electrons. The number of para-hydroxylation sites is 1. The third-order valence-corrected chi connectivity index (χ3v) is 3.51. The Labute approximate surface area is 109 Å². The lowest BCUT2D eigenvalue weighted by Gasteiger charge is -2.31. The van der Waals surface area contributed by atoms with Crippen LogP contribution in [0.4, 0.5) is 0 Å². The van der Waals surface area contributed by atoms with Gasteiger partial charge in [0.05, 0.1) is 29.0 Å². The molecule has 0 amide bonds. The first-order valence-electron chi connectivity index (χ1n) is 6.22. The number of benzene rings is 1. The molecule has 4 N–H and O–H groups in total. The zero-order chi connectivity index (χ0) is 13.4. The summed E-state index contributed by atoms with van der Waals surface area (Å²) in [5, 5.41) is 23.2. The van der Waals surface area contributed by atoms with Crippen LogP contribution in [0, 0.1) is 0 Å². The zero-order valence-electron chi connectivity index (χ0n) is 10.2. The number of hydrogen-bond donors (Lipinski definition) is 4. The quantitative estimate of drug-likeness (QED) is 0.546. The van der Waals surface area contributed by atoms with Gasteiger partial charge in [-0.05, 0) is 12.1 Å². The maximum atomic E-state index is 12.0. The van der Waals surface area contributed by atoms with Crippen molar-refractivity contribution in [3.8, 4) is 0 Å². The average molecular weight is 261 g/mol. The summed E-state index contributed by atoms with van der Waals surface area (Å²) in [4.78, 5) is 19.0. The minimum absolute atomic E-state index is 0.229. The van der Waals surface area contributed by atoms with Gasteiger partial charge in [0, 0.05) is 13.1 Å². The molecule has 2 heterocycles. The van der Waals surface area contributed by atoms with E-state index in [1.807, 2.05) is 6.07 Å². The second-order valence-electron chi connectivity index (χ2n) is 4.79. The van der Waals surface area contributed by atoms with E-state index in [1.165, 1.54) is 0 Å². The Kier molecular flexibility index (Phi) is 3.06. The predicted octanol–water partition coefficient (Wildman–Crippen LogP) is -0.668. The van der Waals surface area contributed by atoms with E-state index < -0.39 is 18.1 Å². The maximum absolute atomic E-state index is 12.0. The van der Waals surface area contributed by atoms with Crippen molar-refractivity contribution in [2.45, 2.75) is 18.1 Å². The lowest BCUT2D eigenvalue weighted by molar-refractivity contribution is -0.0151. The molecule has 2 aromatic rings. The first kappa shape index (κ1) is 12.3. The number of β-amino-alcohol motifs (C(OH)–C–C–N with tert-alkyl or cyclic N) is 1. The van der Waals surface area contributed by atoms with E-state index in [1.54, 1.807) is 18.2 Å². The third kappa shape index (κ3) is 2.14. The molecule has 0 bridgehead atoms. The van der Waals surface area contributed by atoms with Crippen LogP contribution in [0.5, 0.6) is 0 Å². The second kappa shape index (κ2) is 4.73. The molecule has 3 rings (SSSR count). The topological polar surface area (TPSA) is 98.2 Å². The monoisotopic (exact) mass is 261 g/mol. The van der Waals surface area contributed by atoms with E-state index in [0.717, 1.165) is 0 Å². The number of nitrogens with zero attached hydrogens (tertiary/aromatic N) is 1. The average Bonchev–Trinajstić information content (AvgIpc) is 2.42. The van der Waals surface area contributed by atoms with Gasteiger partial charge in [-0.1, -0.05) is 12.1 Å². The van der Waals surface area contributed by atoms with Gasteiger partial charge < -0.3 is 20.5 Å². The minimum atomic E-state index is -0.925. The largest absolute Gasteiger partial charge is 0.390 e. The molecule has 0 aliphatic carbocycles. The lowest BCUT2D eigenvalue weighted by Crippen LogP contribution is -2.49. The molecule has 19 heavy (non-hydrogen) atoms. The highest BCUT2D eigenvalue weighted by atomic mass is 16.3. The van der Waals surface area contributed by atoms with Crippen LogP contribution in [0.25, 0.3) is 10.9 Å². The number of hydrogen-bond acceptors (Lipinski definition) is 5. The fraction of sp³-hybridized carbons (Fsp3) is 0.385. The predicted molar refractivity (Wildman–Crippen MR) is 70.0 cm³/mol.